The zero-order valence-electron chi connectivity index (χ0n) is 15.0. The van der Waals surface area contributed by atoms with Gasteiger partial charge >= 0.3 is 11.9 Å². The molecule has 150 valence electrons. The molecular weight excluding hydrogens is 412 g/mol. The molecule has 0 bridgehead atoms. The number of ether oxygens (including phenoxy) is 1. The van der Waals surface area contributed by atoms with Crippen LogP contribution in [0, 0.1) is 6.92 Å². The predicted molar refractivity (Wildman–Crippen MR) is 98.3 cm³/mol. The van der Waals surface area contributed by atoms with Gasteiger partial charge in [-0.15, -0.1) is 11.8 Å². The molecule has 28 heavy (non-hydrogen) atoms. The summed E-state index contributed by atoms with van der Waals surface area (Å²) in [4.78, 5) is 48.5. The maximum atomic E-state index is 12.5. The first-order chi connectivity index (χ1) is 13.2. The molecular formula is C16H17ClN4O6S. The summed E-state index contributed by atoms with van der Waals surface area (Å²) in [7, 11) is 0. The van der Waals surface area contributed by atoms with Gasteiger partial charge in [0, 0.05) is 24.4 Å². The summed E-state index contributed by atoms with van der Waals surface area (Å²) >= 11 is 7.20. The summed E-state index contributed by atoms with van der Waals surface area (Å²) in [6.07, 6.45) is 1.51. The highest BCUT2D eigenvalue weighted by Crippen LogP contribution is 2.40. The van der Waals surface area contributed by atoms with Crippen molar-refractivity contribution < 1.29 is 29.0 Å². The second kappa shape index (κ2) is 7.84. The fraction of sp³-hybridized carbons (Fsp3) is 0.438. The van der Waals surface area contributed by atoms with Gasteiger partial charge in [0.05, 0.1) is 10.7 Å². The third kappa shape index (κ3) is 3.85. The lowest BCUT2D eigenvalue weighted by Gasteiger charge is -2.49. The lowest BCUT2D eigenvalue weighted by atomic mass is 10.0. The summed E-state index contributed by atoms with van der Waals surface area (Å²) < 4.78 is 6.24. The molecule has 1 saturated heterocycles. The molecule has 2 aliphatic heterocycles. The smallest absolute Gasteiger partial charge is 0.352 e. The maximum Gasteiger partial charge on any atom is 0.352 e. The van der Waals surface area contributed by atoms with Crippen LogP contribution in [0.2, 0.25) is 5.02 Å². The van der Waals surface area contributed by atoms with Crippen molar-refractivity contribution in [1.29, 1.82) is 0 Å². The molecule has 0 aliphatic carbocycles. The van der Waals surface area contributed by atoms with Gasteiger partial charge in [-0.05, 0) is 6.92 Å². The molecule has 0 unspecified atom stereocenters. The number of hydrogen-bond donors (Lipinski definition) is 2. The number of nitrogens with one attached hydrogen (secondary N) is 1. The van der Waals surface area contributed by atoms with Crippen LogP contribution < -0.4 is 5.32 Å². The highest BCUT2D eigenvalue weighted by atomic mass is 35.5. The van der Waals surface area contributed by atoms with E-state index in [0.717, 1.165) is 4.90 Å². The summed E-state index contributed by atoms with van der Waals surface area (Å²) in [5.41, 5.74) is 0.721. The van der Waals surface area contributed by atoms with E-state index in [1.54, 1.807) is 6.92 Å². The standard InChI is InChI=1S/C16H17ClN4O6S/c1-7-10(17)3-20(19-7)4-11(23)18-12-14(24)21-13(16(25)26)9(5-27-8(2)22)6-28-15(12)21/h3,12,15H,4-6H2,1-2H3,(H,18,23)(H,25,26)/t12-,15-/m1/s1. The Morgan fingerprint density at radius 2 is 2.18 bits per heavy atom. The third-order valence-electron chi connectivity index (χ3n) is 4.21. The average Bonchev–Trinajstić information content (AvgIpc) is 2.93. The van der Waals surface area contributed by atoms with Crippen LogP contribution in [0.1, 0.15) is 12.6 Å². The molecule has 10 nitrogen and oxygen atoms in total. The van der Waals surface area contributed by atoms with Crippen molar-refractivity contribution in [3.63, 3.8) is 0 Å². The minimum Gasteiger partial charge on any atom is -0.477 e. The Balaban J connectivity index is 1.68. The number of thioether (sulfide) groups is 1. The van der Waals surface area contributed by atoms with Crippen molar-refractivity contribution in [2.75, 3.05) is 12.4 Å². The molecule has 1 aromatic rings. The minimum atomic E-state index is -1.28. The van der Waals surface area contributed by atoms with Gasteiger partial charge in [0.25, 0.3) is 5.91 Å². The van der Waals surface area contributed by atoms with Crippen LogP contribution in [0.15, 0.2) is 17.5 Å². The molecule has 2 N–H and O–H groups in total. The number of carboxylic acids is 1. The van der Waals surface area contributed by atoms with Gasteiger partial charge in [-0.25, -0.2) is 4.79 Å². The van der Waals surface area contributed by atoms with Crippen LogP contribution >= 0.6 is 23.4 Å². The lowest BCUT2D eigenvalue weighted by Crippen LogP contribution is -2.70. The molecule has 0 aromatic carbocycles. The molecule has 1 aromatic heterocycles. The molecule has 2 amide bonds. The first-order valence-corrected chi connectivity index (χ1v) is 9.64. The fourth-order valence-corrected chi connectivity index (χ4v) is 4.40. The van der Waals surface area contributed by atoms with Gasteiger partial charge in [-0.2, -0.15) is 5.10 Å². The number of aliphatic carboxylic acids is 1. The second-order valence-corrected chi connectivity index (χ2v) is 7.76. The van der Waals surface area contributed by atoms with Crippen molar-refractivity contribution >= 4 is 47.1 Å². The number of β-lactam (4-membered cyclic amide) rings is 1. The number of halogens is 1. The number of nitrogens with zero attached hydrogens (tertiary/aromatic N) is 3. The predicted octanol–water partition coefficient (Wildman–Crippen LogP) is 0.147. The number of fused-ring (bicyclic) bond motifs is 1. The van der Waals surface area contributed by atoms with Crippen molar-refractivity contribution in [3.05, 3.63) is 28.2 Å². The van der Waals surface area contributed by atoms with Crippen LogP contribution in [-0.2, 0) is 30.5 Å². The molecule has 0 spiro atoms. The Bertz CT molecular complexity index is 878. The van der Waals surface area contributed by atoms with E-state index in [0.29, 0.717) is 16.3 Å². The third-order valence-corrected chi connectivity index (χ3v) is 5.92. The number of aryl methyl sites for hydroxylation is 1. The topological polar surface area (TPSA) is 131 Å². The number of amides is 2. The van der Waals surface area contributed by atoms with E-state index in [2.05, 4.69) is 10.4 Å². The van der Waals surface area contributed by atoms with E-state index >= 15 is 0 Å². The van der Waals surface area contributed by atoms with E-state index in [-0.39, 0.29) is 24.6 Å². The van der Waals surface area contributed by atoms with Gasteiger partial charge in [0.2, 0.25) is 5.91 Å². The summed E-state index contributed by atoms with van der Waals surface area (Å²) in [6, 6.07) is -0.839. The van der Waals surface area contributed by atoms with Crippen LogP contribution in [0.5, 0.6) is 0 Å². The van der Waals surface area contributed by atoms with E-state index < -0.39 is 35.2 Å². The first kappa shape index (κ1) is 20.2. The van der Waals surface area contributed by atoms with Crippen LogP contribution in [0.3, 0.4) is 0 Å². The first-order valence-electron chi connectivity index (χ1n) is 8.21. The van der Waals surface area contributed by atoms with Gasteiger partial charge in [0.1, 0.15) is 30.3 Å². The SMILES string of the molecule is CC(=O)OCC1=C(C(=O)O)N2C(=O)[C@@H](NC(=O)Cn3cc(Cl)c(C)n3)[C@H]2SC1. The zero-order valence-corrected chi connectivity index (χ0v) is 16.5. The summed E-state index contributed by atoms with van der Waals surface area (Å²) in [5.74, 6) is -2.53. The largest absolute Gasteiger partial charge is 0.477 e. The lowest BCUT2D eigenvalue weighted by molar-refractivity contribution is -0.151. The highest BCUT2D eigenvalue weighted by molar-refractivity contribution is 8.00. The van der Waals surface area contributed by atoms with Crippen LogP contribution in [0.4, 0.5) is 0 Å². The quantitative estimate of drug-likeness (QED) is 0.483. The van der Waals surface area contributed by atoms with E-state index in [9.17, 15) is 24.3 Å². The van der Waals surface area contributed by atoms with E-state index in [4.69, 9.17) is 16.3 Å². The number of hydrogen-bond acceptors (Lipinski definition) is 7. The second-order valence-electron chi connectivity index (χ2n) is 6.25. The van der Waals surface area contributed by atoms with Gasteiger partial charge < -0.3 is 15.2 Å². The van der Waals surface area contributed by atoms with Crippen LogP contribution in [-0.4, -0.2) is 67.3 Å². The molecule has 3 rings (SSSR count). The fourth-order valence-electron chi connectivity index (χ4n) is 2.92. The Morgan fingerprint density at radius 3 is 2.75 bits per heavy atom. The van der Waals surface area contributed by atoms with Gasteiger partial charge in [0.15, 0.2) is 0 Å². The highest BCUT2D eigenvalue weighted by Gasteiger charge is 2.54. The molecule has 12 heteroatoms. The summed E-state index contributed by atoms with van der Waals surface area (Å²) in [5, 5.41) is 16.1. The molecule has 2 atom stereocenters. The number of carbonyl (C=O) groups is 4. The van der Waals surface area contributed by atoms with Gasteiger partial charge in [-0.3, -0.25) is 24.0 Å². The Kier molecular flexibility index (Phi) is 5.66. The molecule has 0 saturated carbocycles. The summed E-state index contributed by atoms with van der Waals surface area (Å²) in [6.45, 7) is 2.61. The number of carboxylic acid groups (broad SMARTS) is 1. The number of rotatable bonds is 6. The molecule has 2 aliphatic rings. The van der Waals surface area contributed by atoms with Crippen molar-refractivity contribution in [3.8, 4) is 0 Å². The number of aromatic nitrogens is 2. The minimum absolute atomic E-state index is 0.117. The normalized spacial score (nSPS) is 21.1. The van der Waals surface area contributed by atoms with Crippen molar-refractivity contribution in [2.45, 2.75) is 31.8 Å². The van der Waals surface area contributed by atoms with Crippen LogP contribution in [0.25, 0.3) is 0 Å². The van der Waals surface area contributed by atoms with E-state index in [1.807, 2.05) is 0 Å². The van der Waals surface area contributed by atoms with Crippen molar-refractivity contribution in [2.24, 2.45) is 0 Å². The monoisotopic (exact) mass is 428 g/mol. The van der Waals surface area contributed by atoms with E-state index in [1.165, 1.54) is 29.6 Å². The Morgan fingerprint density at radius 1 is 1.46 bits per heavy atom. The maximum absolute atomic E-state index is 12.5. The molecule has 3 heterocycles. The van der Waals surface area contributed by atoms with Crippen molar-refractivity contribution in [1.82, 2.24) is 20.0 Å². The number of carbonyl (C=O) groups excluding carboxylic acids is 3. The average molecular weight is 429 g/mol. The number of esters is 1. The zero-order chi connectivity index (χ0) is 20.6. The van der Waals surface area contributed by atoms with Gasteiger partial charge in [-0.1, -0.05) is 11.6 Å². The molecule has 0 radical (unpaired) electrons. The molecule has 1 fully saturated rings. The Labute approximate surface area is 168 Å². The Hall–Kier alpha value is -2.53.